The number of carbonyl (C=O) groups is 1. The Kier molecular flexibility index (Phi) is 4.92. The molecule has 1 aromatic carbocycles. The molecule has 0 unspecified atom stereocenters. The Morgan fingerprint density at radius 2 is 2.29 bits per heavy atom. The number of nitrogens with zero attached hydrogens (tertiary/aromatic N) is 1. The fourth-order valence-corrected chi connectivity index (χ4v) is 2.70. The van der Waals surface area contributed by atoms with E-state index in [1.54, 1.807) is 6.08 Å². The highest BCUT2D eigenvalue weighted by atomic mass is 32.2. The Morgan fingerprint density at radius 1 is 1.52 bits per heavy atom. The lowest BCUT2D eigenvalue weighted by Gasteiger charge is -2.08. The molecule has 8 heteroatoms. The maximum atomic E-state index is 11.7. The van der Waals surface area contributed by atoms with Crippen molar-refractivity contribution in [3.8, 4) is 5.75 Å². The Balaban J connectivity index is 2.40. The fourth-order valence-electron chi connectivity index (χ4n) is 1.67. The van der Waals surface area contributed by atoms with Crippen molar-refractivity contribution in [2.45, 2.75) is 13.3 Å². The first kappa shape index (κ1) is 15.5. The van der Waals surface area contributed by atoms with Crippen molar-refractivity contribution in [3.63, 3.8) is 0 Å². The quantitative estimate of drug-likeness (QED) is 0.388. The Bertz CT molecular complexity index is 643. The molecule has 1 aliphatic heterocycles. The number of rotatable bonds is 5. The van der Waals surface area contributed by atoms with Crippen molar-refractivity contribution in [1.82, 2.24) is 5.32 Å². The molecular weight excluding hydrogens is 312 g/mol. The predicted octanol–water partition coefficient (Wildman–Crippen LogP) is 2.87. The van der Waals surface area contributed by atoms with Gasteiger partial charge < -0.3 is 10.1 Å². The molecule has 1 heterocycles. The molecule has 0 radical (unpaired) electrons. The van der Waals surface area contributed by atoms with Crippen LogP contribution in [-0.4, -0.2) is 21.8 Å². The zero-order chi connectivity index (χ0) is 15.4. The summed E-state index contributed by atoms with van der Waals surface area (Å²) in [7, 11) is 0. The maximum Gasteiger partial charge on any atom is 0.270 e. The molecule has 2 rings (SSSR count). The second kappa shape index (κ2) is 6.68. The van der Waals surface area contributed by atoms with E-state index in [-0.39, 0.29) is 11.6 Å². The van der Waals surface area contributed by atoms with E-state index in [0.29, 0.717) is 27.1 Å². The highest BCUT2D eigenvalue weighted by Crippen LogP contribution is 2.31. The smallest absolute Gasteiger partial charge is 0.270 e. The summed E-state index contributed by atoms with van der Waals surface area (Å²) in [6, 6.07) is 4.29. The molecule has 1 aromatic rings. The van der Waals surface area contributed by atoms with Crippen LogP contribution in [0.4, 0.5) is 5.69 Å². The van der Waals surface area contributed by atoms with Gasteiger partial charge in [-0.3, -0.25) is 14.9 Å². The van der Waals surface area contributed by atoms with Gasteiger partial charge in [0, 0.05) is 17.7 Å². The van der Waals surface area contributed by atoms with Crippen LogP contribution in [0.2, 0.25) is 0 Å². The van der Waals surface area contributed by atoms with Gasteiger partial charge in [0.15, 0.2) is 0 Å². The van der Waals surface area contributed by atoms with Crippen molar-refractivity contribution in [1.29, 1.82) is 0 Å². The van der Waals surface area contributed by atoms with E-state index in [1.165, 1.54) is 18.2 Å². The molecule has 1 amide bonds. The largest absolute Gasteiger partial charge is 0.493 e. The first-order valence-electron chi connectivity index (χ1n) is 6.17. The van der Waals surface area contributed by atoms with Gasteiger partial charge in [-0.1, -0.05) is 30.9 Å². The van der Waals surface area contributed by atoms with Gasteiger partial charge in [-0.2, -0.15) is 0 Å². The molecule has 110 valence electrons. The summed E-state index contributed by atoms with van der Waals surface area (Å²) in [5, 5.41) is 13.4. The van der Waals surface area contributed by atoms with Crippen LogP contribution in [0.3, 0.4) is 0 Å². The second-order valence-corrected chi connectivity index (χ2v) is 5.90. The Hall–Kier alpha value is -1.93. The molecule has 1 N–H and O–H groups in total. The SMILES string of the molecule is CCCOc1ccc([N+](=O)[O-])cc1C=C1SC(=S)NC1=O. The summed E-state index contributed by atoms with van der Waals surface area (Å²) in [5.74, 6) is 0.194. The van der Waals surface area contributed by atoms with Crippen molar-refractivity contribution in [2.75, 3.05) is 6.61 Å². The lowest BCUT2D eigenvalue weighted by atomic mass is 10.1. The average molecular weight is 324 g/mol. The Labute approximate surface area is 130 Å². The molecule has 1 fully saturated rings. The molecule has 0 bridgehead atoms. The van der Waals surface area contributed by atoms with Crippen LogP contribution in [-0.2, 0) is 4.79 Å². The van der Waals surface area contributed by atoms with E-state index in [2.05, 4.69) is 5.32 Å². The summed E-state index contributed by atoms with van der Waals surface area (Å²) < 4.78 is 5.92. The number of hydrogen-bond acceptors (Lipinski definition) is 6. The minimum atomic E-state index is -0.488. The minimum absolute atomic E-state index is 0.0586. The van der Waals surface area contributed by atoms with Crippen LogP contribution in [0.25, 0.3) is 6.08 Å². The molecule has 21 heavy (non-hydrogen) atoms. The van der Waals surface area contributed by atoms with E-state index in [1.807, 2.05) is 6.92 Å². The van der Waals surface area contributed by atoms with Crippen LogP contribution in [0, 0.1) is 10.1 Å². The van der Waals surface area contributed by atoms with Gasteiger partial charge in [0.2, 0.25) is 0 Å². The second-order valence-electron chi connectivity index (χ2n) is 4.18. The number of nitro groups is 1. The molecule has 6 nitrogen and oxygen atoms in total. The first-order valence-corrected chi connectivity index (χ1v) is 7.40. The van der Waals surface area contributed by atoms with Crippen molar-refractivity contribution < 1.29 is 14.5 Å². The number of ether oxygens (including phenoxy) is 1. The monoisotopic (exact) mass is 324 g/mol. The number of hydrogen-bond donors (Lipinski definition) is 1. The predicted molar refractivity (Wildman–Crippen MR) is 85.2 cm³/mol. The van der Waals surface area contributed by atoms with Crippen molar-refractivity contribution in [3.05, 3.63) is 38.8 Å². The van der Waals surface area contributed by atoms with Crippen LogP contribution in [0.5, 0.6) is 5.75 Å². The third-order valence-electron chi connectivity index (χ3n) is 2.59. The van der Waals surface area contributed by atoms with Gasteiger partial charge >= 0.3 is 0 Å². The van der Waals surface area contributed by atoms with Gasteiger partial charge in [-0.15, -0.1) is 0 Å². The first-order chi connectivity index (χ1) is 10.0. The molecule has 1 aliphatic rings. The molecule has 0 aromatic heterocycles. The van der Waals surface area contributed by atoms with E-state index in [0.717, 1.165) is 18.2 Å². The van der Waals surface area contributed by atoms with Crippen LogP contribution >= 0.6 is 24.0 Å². The maximum absolute atomic E-state index is 11.7. The van der Waals surface area contributed by atoms with Gasteiger partial charge in [-0.25, -0.2) is 0 Å². The lowest BCUT2D eigenvalue weighted by Crippen LogP contribution is -2.17. The highest BCUT2D eigenvalue weighted by molar-refractivity contribution is 8.26. The summed E-state index contributed by atoms with van der Waals surface area (Å²) in [6.07, 6.45) is 2.36. The summed E-state index contributed by atoms with van der Waals surface area (Å²) in [6.45, 7) is 2.45. The van der Waals surface area contributed by atoms with Crippen LogP contribution < -0.4 is 10.1 Å². The number of benzene rings is 1. The van der Waals surface area contributed by atoms with E-state index in [9.17, 15) is 14.9 Å². The molecule has 0 saturated carbocycles. The normalized spacial score (nSPS) is 16.1. The number of non-ortho nitro benzene ring substituents is 1. The standard InChI is InChI=1S/C13H12N2O4S2/c1-2-5-19-10-4-3-9(15(17)18)6-8(10)7-11-12(16)14-13(20)21-11/h3-4,6-7H,2,5H2,1H3,(H,14,16,20). The molecule has 1 saturated heterocycles. The minimum Gasteiger partial charge on any atom is -0.493 e. The van der Waals surface area contributed by atoms with Crippen molar-refractivity contribution in [2.24, 2.45) is 0 Å². The molecule has 0 spiro atoms. The zero-order valence-electron chi connectivity index (χ0n) is 11.1. The third-order valence-corrected chi connectivity index (χ3v) is 3.76. The highest BCUT2D eigenvalue weighted by Gasteiger charge is 2.23. The van der Waals surface area contributed by atoms with E-state index >= 15 is 0 Å². The number of thioether (sulfide) groups is 1. The van der Waals surface area contributed by atoms with Crippen LogP contribution in [0.1, 0.15) is 18.9 Å². The summed E-state index contributed by atoms with van der Waals surface area (Å²) in [4.78, 5) is 22.4. The van der Waals surface area contributed by atoms with Gasteiger partial charge in [0.05, 0.1) is 16.4 Å². The Morgan fingerprint density at radius 3 is 2.86 bits per heavy atom. The van der Waals surface area contributed by atoms with Gasteiger partial charge in [0.1, 0.15) is 10.1 Å². The molecule has 0 atom stereocenters. The third kappa shape index (κ3) is 3.79. The summed E-state index contributed by atoms with van der Waals surface area (Å²) >= 11 is 6.03. The zero-order valence-corrected chi connectivity index (χ0v) is 12.8. The topological polar surface area (TPSA) is 81.5 Å². The van der Waals surface area contributed by atoms with Crippen molar-refractivity contribution >= 4 is 46.0 Å². The van der Waals surface area contributed by atoms with E-state index in [4.69, 9.17) is 17.0 Å². The van der Waals surface area contributed by atoms with Crippen LogP contribution in [0.15, 0.2) is 23.1 Å². The number of amides is 1. The fraction of sp³-hybridized carbons (Fsp3) is 0.231. The van der Waals surface area contributed by atoms with Gasteiger partial charge in [-0.05, 0) is 18.6 Å². The lowest BCUT2D eigenvalue weighted by molar-refractivity contribution is -0.384. The van der Waals surface area contributed by atoms with Gasteiger partial charge in [0.25, 0.3) is 11.6 Å². The number of carbonyl (C=O) groups excluding carboxylic acids is 1. The number of nitrogens with one attached hydrogen (secondary N) is 1. The average Bonchev–Trinajstić information content (AvgIpc) is 2.75. The molecular formula is C13H12N2O4S2. The summed E-state index contributed by atoms with van der Waals surface area (Å²) in [5.41, 5.74) is 0.427. The number of nitro benzene ring substituents is 1. The number of thiocarbonyl (C=S) groups is 1. The van der Waals surface area contributed by atoms with E-state index < -0.39 is 4.92 Å². The molecule has 0 aliphatic carbocycles.